The highest BCUT2D eigenvalue weighted by atomic mass is 35.5. The summed E-state index contributed by atoms with van der Waals surface area (Å²) in [6.07, 6.45) is 2.05. The minimum atomic E-state index is -0.316. The molecule has 0 unspecified atom stereocenters. The summed E-state index contributed by atoms with van der Waals surface area (Å²) in [6.45, 7) is 4.01. The van der Waals surface area contributed by atoms with E-state index in [9.17, 15) is 0 Å². The summed E-state index contributed by atoms with van der Waals surface area (Å²) in [5, 5.41) is 8.31. The van der Waals surface area contributed by atoms with Gasteiger partial charge in [0.15, 0.2) is 10.3 Å². The van der Waals surface area contributed by atoms with Gasteiger partial charge in [-0.3, -0.25) is 0 Å². The highest BCUT2D eigenvalue weighted by Gasteiger charge is 2.55. The van der Waals surface area contributed by atoms with Crippen LogP contribution >= 0.6 is 23.2 Å². The summed E-state index contributed by atoms with van der Waals surface area (Å²) in [6, 6.07) is 1.78. The molecule has 1 aromatic rings. The van der Waals surface area contributed by atoms with Gasteiger partial charge >= 0.3 is 0 Å². The van der Waals surface area contributed by atoms with Crippen LogP contribution in [0.4, 0.5) is 0 Å². The third-order valence-corrected chi connectivity index (χ3v) is 3.68. The van der Waals surface area contributed by atoms with Crippen molar-refractivity contribution in [3.8, 4) is 0 Å². The number of nitrogens with two attached hydrogens (primary N) is 1. The Labute approximate surface area is 99.0 Å². The molecule has 0 aromatic carbocycles. The van der Waals surface area contributed by atoms with Crippen molar-refractivity contribution < 1.29 is 0 Å². The predicted octanol–water partition coefficient (Wildman–Crippen LogP) is 2.55. The lowest BCUT2D eigenvalue weighted by molar-refractivity contribution is 0.390. The van der Waals surface area contributed by atoms with Crippen LogP contribution in [0.5, 0.6) is 0 Å². The fourth-order valence-electron chi connectivity index (χ4n) is 2.07. The van der Waals surface area contributed by atoms with Gasteiger partial charge in [-0.2, -0.15) is 0 Å². The van der Waals surface area contributed by atoms with Gasteiger partial charge in [-0.1, -0.05) is 23.2 Å². The van der Waals surface area contributed by atoms with E-state index >= 15 is 0 Å². The fourth-order valence-corrected chi connectivity index (χ4v) is 2.49. The zero-order valence-electron chi connectivity index (χ0n) is 8.72. The number of hydrogen-bond donors (Lipinski definition) is 1. The Kier molecular flexibility index (Phi) is 2.45. The molecule has 0 atom stereocenters. The Balaban J connectivity index is 2.50. The lowest BCUT2D eigenvalue weighted by Gasteiger charge is -2.31. The highest BCUT2D eigenvalue weighted by molar-refractivity contribution is 6.31. The average molecular weight is 246 g/mol. The van der Waals surface area contributed by atoms with Crippen LogP contribution in [0.25, 0.3) is 0 Å². The first kappa shape index (κ1) is 11.1. The molecule has 15 heavy (non-hydrogen) atoms. The van der Waals surface area contributed by atoms with Crippen LogP contribution < -0.4 is 5.73 Å². The molecule has 1 aliphatic carbocycles. The molecule has 1 aliphatic rings. The Morgan fingerprint density at radius 3 is 2.40 bits per heavy atom. The summed E-state index contributed by atoms with van der Waals surface area (Å²) in [4.78, 5) is 0. The fraction of sp³-hybridized carbons (Fsp3) is 0.600. The maximum absolute atomic E-state index is 6.18. The molecule has 0 saturated heterocycles. The van der Waals surface area contributed by atoms with E-state index in [-0.39, 0.29) is 11.0 Å². The summed E-state index contributed by atoms with van der Waals surface area (Å²) in [5.41, 5.74) is 6.71. The molecule has 5 heteroatoms. The van der Waals surface area contributed by atoms with Crippen molar-refractivity contribution in [2.24, 2.45) is 5.73 Å². The van der Waals surface area contributed by atoms with Crippen molar-refractivity contribution in [2.75, 3.05) is 0 Å². The van der Waals surface area contributed by atoms with Gasteiger partial charge in [0.05, 0.1) is 0 Å². The van der Waals surface area contributed by atoms with E-state index in [0.717, 1.165) is 18.4 Å². The van der Waals surface area contributed by atoms with Gasteiger partial charge < -0.3 is 5.73 Å². The number of halogens is 2. The Morgan fingerprint density at radius 1 is 1.33 bits per heavy atom. The van der Waals surface area contributed by atoms with Crippen LogP contribution in [0.1, 0.15) is 32.3 Å². The summed E-state index contributed by atoms with van der Waals surface area (Å²) >= 11 is 11.9. The molecule has 2 rings (SSSR count). The molecule has 0 aliphatic heterocycles. The SMILES string of the molecule is CC(C)(N)C1(c2cc(Cl)nnc2Cl)CC1. The van der Waals surface area contributed by atoms with Gasteiger partial charge in [0.25, 0.3) is 0 Å². The van der Waals surface area contributed by atoms with E-state index < -0.39 is 0 Å². The van der Waals surface area contributed by atoms with E-state index in [4.69, 9.17) is 28.9 Å². The van der Waals surface area contributed by atoms with Crippen molar-refractivity contribution >= 4 is 23.2 Å². The zero-order chi connectivity index (χ0) is 11.3. The molecule has 3 nitrogen and oxygen atoms in total. The molecular weight excluding hydrogens is 233 g/mol. The van der Waals surface area contributed by atoms with Crippen molar-refractivity contribution in [3.05, 3.63) is 21.9 Å². The first-order valence-corrected chi connectivity index (χ1v) is 5.60. The van der Waals surface area contributed by atoms with Crippen LogP contribution in [0, 0.1) is 0 Å². The van der Waals surface area contributed by atoms with Crippen LogP contribution in [-0.2, 0) is 5.41 Å². The Bertz CT molecular complexity index is 394. The third-order valence-electron chi connectivity index (χ3n) is 3.22. The van der Waals surface area contributed by atoms with Crippen molar-refractivity contribution in [1.29, 1.82) is 0 Å². The van der Waals surface area contributed by atoms with Crippen molar-refractivity contribution in [3.63, 3.8) is 0 Å². The minimum absolute atomic E-state index is 0.0797. The maximum Gasteiger partial charge on any atom is 0.155 e. The number of aromatic nitrogens is 2. The summed E-state index contributed by atoms with van der Waals surface area (Å²) < 4.78 is 0. The topological polar surface area (TPSA) is 51.8 Å². The lowest BCUT2D eigenvalue weighted by Crippen LogP contribution is -2.45. The number of rotatable bonds is 2. The second-order valence-electron chi connectivity index (χ2n) is 4.68. The number of nitrogens with zero attached hydrogens (tertiary/aromatic N) is 2. The normalized spacial score (nSPS) is 19.0. The predicted molar refractivity (Wildman–Crippen MR) is 61.2 cm³/mol. The molecule has 2 N–H and O–H groups in total. The summed E-state index contributed by atoms with van der Waals surface area (Å²) in [7, 11) is 0. The largest absolute Gasteiger partial charge is 0.325 e. The third kappa shape index (κ3) is 1.73. The standard InChI is InChI=1S/C10H13Cl2N3/c1-9(2,13)10(3-4-10)6-5-7(11)14-15-8(6)12/h5H,3-4,13H2,1-2H3. The molecule has 82 valence electrons. The molecule has 1 saturated carbocycles. The monoisotopic (exact) mass is 245 g/mol. The molecule has 1 heterocycles. The Morgan fingerprint density at radius 2 is 1.93 bits per heavy atom. The lowest BCUT2D eigenvalue weighted by atomic mass is 9.80. The minimum Gasteiger partial charge on any atom is -0.325 e. The first-order chi connectivity index (χ1) is 6.87. The van der Waals surface area contributed by atoms with Crippen LogP contribution in [0.3, 0.4) is 0 Å². The summed E-state index contributed by atoms with van der Waals surface area (Å²) in [5.74, 6) is 0. The molecule has 1 aromatic heterocycles. The highest BCUT2D eigenvalue weighted by Crippen LogP contribution is 2.56. The molecule has 0 spiro atoms. The van der Waals surface area contributed by atoms with Crippen LogP contribution in [0.2, 0.25) is 10.3 Å². The van der Waals surface area contributed by atoms with Crippen molar-refractivity contribution in [1.82, 2.24) is 10.2 Å². The quantitative estimate of drug-likeness (QED) is 0.872. The zero-order valence-corrected chi connectivity index (χ0v) is 10.2. The molecule has 1 fully saturated rings. The Hall–Kier alpha value is -0.380. The van der Waals surface area contributed by atoms with E-state index in [1.165, 1.54) is 0 Å². The maximum atomic E-state index is 6.18. The molecule has 0 amide bonds. The van der Waals surface area contributed by atoms with E-state index in [1.54, 1.807) is 6.07 Å². The van der Waals surface area contributed by atoms with Crippen LogP contribution in [0.15, 0.2) is 6.07 Å². The van der Waals surface area contributed by atoms with Gasteiger partial charge in [-0.15, -0.1) is 10.2 Å². The van der Waals surface area contributed by atoms with Gasteiger partial charge in [0, 0.05) is 16.5 Å². The number of hydrogen-bond acceptors (Lipinski definition) is 3. The second-order valence-corrected chi connectivity index (χ2v) is 5.42. The first-order valence-electron chi connectivity index (χ1n) is 4.85. The molecule has 0 radical (unpaired) electrons. The smallest absolute Gasteiger partial charge is 0.155 e. The second kappa shape index (κ2) is 3.30. The van der Waals surface area contributed by atoms with Gasteiger partial charge in [0.1, 0.15) is 0 Å². The van der Waals surface area contributed by atoms with E-state index in [1.807, 2.05) is 13.8 Å². The van der Waals surface area contributed by atoms with Gasteiger partial charge in [-0.05, 0) is 32.8 Å². The molecular formula is C10H13Cl2N3. The van der Waals surface area contributed by atoms with Crippen LogP contribution in [-0.4, -0.2) is 15.7 Å². The van der Waals surface area contributed by atoms with E-state index in [0.29, 0.717) is 10.3 Å². The van der Waals surface area contributed by atoms with Gasteiger partial charge in [0.2, 0.25) is 0 Å². The average Bonchev–Trinajstić information content (AvgIpc) is 2.88. The van der Waals surface area contributed by atoms with E-state index in [2.05, 4.69) is 10.2 Å². The van der Waals surface area contributed by atoms with Crippen molar-refractivity contribution in [2.45, 2.75) is 37.6 Å². The molecule has 0 bridgehead atoms. The van der Waals surface area contributed by atoms with Gasteiger partial charge in [-0.25, -0.2) is 0 Å².